The zero-order valence-electron chi connectivity index (χ0n) is 10.8. The van der Waals surface area contributed by atoms with Gasteiger partial charge < -0.3 is 5.11 Å². The van der Waals surface area contributed by atoms with Crippen molar-refractivity contribution in [2.24, 2.45) is 0 Å². The molecule has 0 aliphatic carbocycles. The van der Waals surface area contributed by atoms with Gasteiger partial charge in [0.15, 0.2) is 0 Å². The summed E-state index contributed by atoms with van der Waals surface area (Å²) < 4.78 is 0. The van der Waals surface area contributed by atoms with Gasteiger partial charge in [-0.3, -0.25) is 0 Å². The van der Waals surface area contributed by atoms with Gasteiger partial charge in [-0.1, -0.05) is 56.2 Å². The number of unbranched alkanes of at least 4 members (excludes halogenated alkanes) is 1. The third-order valence-corrected chi connectivity index (χ3v) is 3.17. The van der Waals surface area contributed by atoms with Crippen LogP contribution in [0.15, 0.2) is 43.0 Å². The summed E-state index contributed by atoms with van der Waals surface area (Å²) in [5.41, 5.74) is 1.31. The van der Waals surface area contributed by atoms with Crippen molar-refractivity contribution in [1.29, 1.82) is 0 Å². The summed E-state index contributed by atoms with van der Waals surface area (Å²) >= 11 is 0. The maximum Gasteiger partial charge on any atom is 0.0546 e. The van der Waals surface area contributed by atoms with Gasteiger partial charge in [0.05, 0.1) is 6.10 Å². The number of benzene rings is 1. The number of hydrogen-bond acceptors (Lipinski definition) is 1. The van der Waals surface area contributed by atoms with Crippen LogP contribution in [-0.2, 0) is 0 Å². The quantitative estimate of drug-likeness (QED) is 0.663. The first-order valence-corrected chi connectivity index (χ1v) is 6.61. The van der Waals surface area contributed by atoms with E-state index in [0.717, 1.165) is 32.1 Å². The Kier molecular flexibility index (Phi) is 6.64. The van der Waals surface area contributed by atoms with Gasteiger partial charge in [-0.15, -0.1) is 6.58 Å². The minimum atomic E-state index is -0.180. The van der Waals surface area contributed by atoms with Gasteiger partial charge in [0.2, 0.25) is 0 Å². The molecule has 94 valence electrons. The molecule has 2 atom stereocenters. The highest BCUT2D eigenvalue weighted by molar-refractivity contribution is 5.20. The average molecular weight is 232 g/mol. The number of rotatable bonds is 8. The number of hydrogen-bond donors (Lipinski definition) is 1. The molecule has 0 saturated carbocycles. The van der Waals surface area contributed by atoms with Crippen molar-refractivity contribution >= 4 is 0 Å². The average Bonchev–Trinajstić information content (AvgIpc) is 2.37. The standard InChI is InChI=1S/C16H24O/c1-3-5-12-16(17)13-15(9-4-2)14-10-7-6-8-11-14/h4,6-8,10-11,15-17H,2-3,5,9,12-13H2,1H3/t15?,16-/m1/s1. The van der Waals surface area contributed by atoms with E-state index >= 15 is 0 Å². The Morgan fingerprint density at radius 2 is 2.00 bits per heavy atom. The van der Waals surface area contributed by atoms with Gasteiger partial charge >= 0.3 is 0 Å². The molecular formula is C16H24O. The lowest BCUT2D eigenvalue weighted by Crippen LogP contribution is -2.12. The molecule has 1 nitrogen and oxygen atoms in total. The van der Waals surface area contributed by atoms with Crippen molar-refractivity contribution in [3.8, 4) is 0 Å². The Morgan fingerprint density at radius 3 is 2.59 bits per heavy atom. The fourth-order valence-corrected chi connectivity index (χ4v) is 2.18. The fourth-order valence-electron chi connectivity index (χ4n) is 2.18. The van der Waals surface area contributed by atoms with E-state index < -0.39 is 0 Å². The monoisotopic (exact) mass is 232 g/mol. The van der Waals surface area contributed by atoms with Crippen LogP contribution in [0.3, 0.4) is 0 Å². The maximum atomic E-state index is 10.0. The third-order valence-electron chi connectivity index (χ3n) is 3.17. The van der Waals surface area contributed by atoms with Crippen molar-refractivity contribution in [3.63, 3.8) is 0 Å². The Balaban J connectivity index is 2.57. The Hall–Kier alpha value is -1.08. The summed E-state index contributed by atoms with van der Waals surface area (Å²) in [4.78, 5) is 0. The van der Waals surface area contributed by atoms with E-state index in [2.05, 4.69) is 37.8 Å². The van der Waals surface area contributed by atoms with Crippen LogP contribution >= 0.6 is 0 Å². The zero-order valence-corrected chi connectivity index (χ0v) is 10.8. The van der Waals surface area contributed by atoms with Gasteiger partial charge in [0.1, 0.15) is 0 Å². The van der Waals surface area contributed by atoms with E-state index in [9.17, 15) is 5.11 Å². The second-order valence-corrected chi connectivity index (χ2v) is 4.66. The van der Waals surface area contributed by atoms with Crippen molar-refractivity contribution < 1.29 is 5.11 Å². The van der Waals surface area contributed by atoms with Gasteiger partial charge in [0, 0.05) is 0 Å². The Labute approximate surface area is 105 Å². The van der Waals surface area contributed by atoms with Gasteiger partial charge in [-0.05, 0) is 30.7 Å². The summed E-state index contributed by atoms with van der Waals surface area (Å²) in [7, 11) is 0. The minimum Gasteiger partial charge on any atom is -0.393 e. The van der Waals surface area contributed by atoms with Crippen LogP contribution in [0.4, 0.5) is 0 Å². The zero-order chi connectivity index (χ0) is 12.5. The molecule has 0 bridgehead atoms. The first-order valence-electron chi connectivity index (χ1n) is 6.61. The predicted molar refractivity (Wildman–Crippen MR) is 74.1 cm³/mol. The lowest BCUT2D eigenvalue weighted by Gasteiger charge is -2.19. The van der Waals surface area contributed by atoms with Crippen LogP contribution in [0.25, 0.3) is 0 Å². The third kappa shape index (κ3) is 5.18. The molecule has 1 unspecified atom stereocenters. The predicted octanol–water partition coefficient (Wildman–Crippen LogP) is 4.29. The number of aliphatic hydroxyl groups is 1. The highest BCUT2D eigenvalue weighted by atomic mass is 16.3. The molecule has 1 N–H and O–H groups in total. The van der Waals surface area contributed by atoms with E-state index in [-0.39, 0.29) is 6.10 Å². The maximum absolute atomic E-state index is 10.0. The summed E-state index contributed by atoms with van der Waals surface area (Å²) in [5, 5.41) is 10.0. The van der Waals surface area contributed by atoms with E-state index in [1.165, 1.54) is 5.56 Å². The Bertz CT molecular complexity index is 305. The molecule has 0 aliphatic rings. The lowest BCUT2D eigenvalue weighted by atomic mass is 9.89. The van der Waals surface area contributed by atoms with E-state index in [1.807, 2.05) is 12.1 Å². The lowest BCUT2D eigenvalue weighted by molar-refractivity contribution is 0.142. The molecule has 0 radical (unpaired) electrons. The van der Waals surface area contributed by atoms with Crippen molar-refractivity contribution in [1.82, 2.24) is 0 Å². The molecular weight excluding hydrogens is 208 g/mol. The van der Waals surface area contributed by atoms with E-state index in [1.54, 1.807) is 0 Å². The second-order valence-electron chi connectivity index (χ2n) is 4.66. The number of aliphatic hydroxyl groups excluding tert-OH is 1. The van der Waals surface area contributed by atoms with Gasteiger partial charge in [-0.2, -0.15) is 0 Å². The van der Waals surface area contributed by atoms with Crippen molar-refractivity contribution in [2.75, 3.05) is 0 Å². The molecule has 0 amide bonds. The molecule has 1 heteroatoms. The molecule has 1 rings (SSSR count). The summed E-state index contributed by atoms with van der Waals surface area (Å²) in [6.45, 7) is 5.97. The largest absolute Gasteiger partial charge is 0.393 e. The van der Waals surface area contributed by atoms with Crippen LogP contribution in [0.1, 0.15) is 50.5 Å². The van der Waals surface area contributed by atoms with Crippen LogP contribution in [0.5, 0.6) is 0 Å². The number of allylic oxidation sites excluding steroid dienone is 1. The Morgan fingerprint density at radius 1 is 1.29 bits per heavy atom. The molecule has 0 aromatic heterocycles. The van der Waals surface area contributed by atoms with Crippen molar-refractivity contribution in [3.05, 3.63) is 48.6 Å². The molecule has 1 aromatic carbocycles. The summed E-state index contributed by atoms with van der Waals surface area (Å²) in [6.07, 6.45) is 6.72. The molecule has 1 aromatic rings. The normalized spacial score (nSPS) is 14.2. The highest BCUT2D eigenvalue weighted by Crippen LogP contribution is 2.26. The first-order chi connectivity index (χ1) is 8.27. The first kappa shape index (κ1) is 14.0. The molecule has 17 heavy (non-hydrogen) atoms. The second kappa shape index (κ2) is 8.08. The minimum absolute atomic E-state index is 0.180. The van der Waals surface area contributed by atoms with Gasteiger partial charge in [0.25, 0.3) is 0 Å². The van der Waals surface area contributed by atoms with Crippen LogP contribution < -0.4 is 0 Å². The SMILES string of the molecule is C=CCC(C[C@H](O)CCCC)c1ccccc1. The topological polar surface area (TPSA) is 20.2 Å². The smallest absolute Gasteiger partial charge is 0.0546 e. The molecule has 0 aliphatic heterocycles. The molecule has 0 heterocycles. The fraction of sp³-hybridized carbons (Fsp3) is 0.500. The molecule has 0 fully saturated rings. The van der Waals surface area contributed by atoms with Crippen LogP contribution in [0.2, 0.25) is 0 Å². The van der Waals surface area contributed by atoms with Crippen LogP contribution in [0, 0.1) is 0 Å². The summed E-state index contributed by atoms with van der Waals surface area (Å²) in [5.74, 6) is 0.403. The van der Waals surface area contributed by atoms with Crippen LogP contribution in [-0.4, -0.2) is 11.2 Å². The highest BCUT2D eigenvalue weighted by Gasteiger charge is 2.14. The molecule has 0 saturated heterocycles. The molecule has 0 spiro atoms. The van der Waals surface area contributed by atoms with E-state index in [0.29, 0.717) is 5.92 Å². The van der Waals surface area contributed by atoms with Gasteiger partial charge in [-0.25, -0.2) is 0 Å². The van der Waals surface area contributed by atoms with E-state index in [4.69, 9.17) is 0 Å². The summed E-state index contributed by atoms with van der Waals surface area (Å²) in [6, 6.07) is 10.4. The van der Waals surface area contributed by atoms with Crippen molar-refractivity contribution in [2.45, 2.75) is 51.0 Å².